The fourth-order valence-corrected chi connectivity index (χ4v) is 5.97. The number of phenols is 1. The number of hydrogen-bond donors (Lipinski definition) is 10. The molecule has 10 N–H and O–H groups in total. The molecule has 0 amide bonds. The van der Waals surface area contributed by atoms with E-state index in [9.17, 15) is 55.9 Å². The fourth-order valence-electron chi connectivity index (χ4n) is 5.97. The molecule has 17 nitrogen and oxygen atoms in total. The van der Waals surface area contributed by atoms with Gasteiger partial charge in [0.25, 0.3) is 0 Å². The quantitative estimate of drug-likeness (QED) is 0.0647. The second-order valence-electron chi connectivity index (χ2n) is 11.5. The van der Waals surface area contributed by atoms with E-state index in [4.69, 9.17) is 28.4 Å². The van der Waals surface area contributed by atoms with Crippen LogP contribution in [0.15, 0.2) is 54.3 Å². The number of carbonyl (C=O) groups excluding carboxylic acids is 1. The second-order valence-corrected chi connectivity index (χ2v) is 11.5. The number of esters is 1. The van der Waals surface area contributed by atoms with E-state index in [-0.39, 0.29) is 11.3 Å². The zero-order chi connectivity index (χ0) is 34.0. The van der Waals surface area contributed by atoms with Crippen molar-refractivity contribution in [2.45, 2.75) is 79.4 Å². The summed E-state index contributed by atoms with van der Waals surface area (Å²) in [6.45, 7) is -2.19. The normalized spacial score (nSPS) is 41.7. The lowest BCUT2D eigenvalue weighted by Gasteiger charge is -2.49. The van der Waals surface area contributed by atoms with Gasteiger partial charge in [0.2, 0.25) is 6.29 Å². The molecular formula is C30H38O17. The molecule has 1 aromatic rings. The number of ether oxygens (including phenoxy) is 6. The summed E-state index contributed by atoms with van der Waals surface area (Å²) >= 11 is 0. The Bertz CT molecular complexity index is 1320. The average Bonchev–Trinajstić information content (AvgIpc) is 3.35. The van der Waals surface area contributed by atoms with Crippen LogP contribution < -0.4 is 0 Å². The number of fused-ring (bicyclic) bond motifs is 1. The van der Waals surface area contributed by atoms with Crippen molar-refractivity contribution >= 4 is 12.0 Å². The van der Waals surface area contributed by atoms with Crippen molar-refractivity contribution in [2.75, 3.05) is 19.8 Å². The number of hydrogen-bond acceptors (Lipinski definition) is 17. The highest BCUT2D eigenvalue weighted by Gasteiger charge is 2.60. The van der Waals surface area contributed by atoms with Crippen molar-refractivity contribution in [1.29, 1.82) is 0 Å². The summed E-state index contributed by atoms with van der Waals surface area (Å²) in [5.41, 5.74) is -1.29. The first kappa shape index (κ1) is 35.3. The minimum atomic E-state index is -1.93. The molecule has 0 spiro atoms. The Morgan fingerprint density at radius 2 is 1.49 bits per heavy atom. The minimum Gasteiger partial charge on any atom is -0.508 e. The molecule has 0 bridgehead atoms. The van der Waals surface area contributed by atoms with Crippen LogP contribution in [0.4, 0.5) is 0 Å². The zero-order valence-electron chi connectivity index (χ0n) is 24.7. The van der Waals surface area contributed by atoms with Crippen LogP contribution in [-0.2, 0) is 33.2 Å². The van der Waals surface area contributed by atoms with Gasteiger partial charge in [-0.3, -0.25) is 0 Å². The molecule has 2 saturated heterocycles. The molecule has 1 aliphatic carbocycles. The minimum absolute atomic E-state index is 0.0146. The smallest absolute Gasteiger partial charge is 0.331 e. The van der Waals surface area contributed by atoms with E-state index in [1.807, 2.05) is 0 Å². The van der Waals surface area contributed by atoms with Crippen molar-refractivity contribution in [3.05, 3.63) is 59.9 Å². The predicted molar refractivity (Wildman–Crippen MR) is 152 cm³/mol. The summed E-state index contributed by atoms with van der Waals surface area (Å²) in [7, 11) is 0. The van der Waals surface area contributed by atoms with Crippen molar-refractivity contribution in [3.63, 3.8) is 0 Å². The van der Waals surface area contributed by atoms with Crippen molar-refractivity contribution in [3.8, 4) is 5.75 Å². The van der Waals surface area contributed by atoms with Gasteiger partial charge in [0.15, 0.2) is 18.7 Å². The van der Waals surface area contributed by atoms with Crippen LogP contribution in [0.3, 0.4) is 0 Å². The molecule has 260 valence electrons. The van der Waals surface area contributed by atoms with Gasteiger partial charge in [-0.1, -0.05) is 18.2 Å². The Morgan fingerprint density at radius 3 is 2.15 bits per heavy atom. The lowest BCUT2D eigenvalue weighted by molar-refractivity contribution is -0.362. The topological polar surface area (TPSA) is 275 Å². The first-order valence-corrected chi connectivity index (χ1v) is 14.7. The van der Waals surface area contributed by atoms with Gasteiger partial charge >= 0.3 is 5.97 Å². The maximum Gasteiger partial charge on any atom is 0.331 e. The predicted octanol–water partition coefficient (Wildman–Crippen LogP) is -3.89. The molecule has 0 radical (unpaired) electrons. The van der Waals surface area contributed by atoms with E-state index in [2.05, 4.69) is 0 Å². The molecule has 1 aromatic carbocycles. The highest BCUT2D eigenvalue weighted by atomic mass is 16.8. The largest absolute Gasteiger partial charge is 0.508 e. The first-order chi connectivity index (χ1) is 22.4. The van der Waals surface area contributed by atoms with E-state index >= 15 is 0 Å². The third-order valence-corrected chi connectivity index (χ3v) is 8.53. The molecule has 14 atom stereocenters. The summed E-state index contributed by atoms with van der Waals surface area (Å²) in [4.78, 5) is 12.7. The second kappa shape index (κ2) is 14.6. The third-order valence-electron chi connectivity index (χ3n) is 8.53. The molecule has 47 heavy (non-hydrogen) atoms. The molecule has 2 fully saturated rings. The van der Waals surface area contributed by atoms with Gasteiger partial charge in [-0.15, -0.1) is 0 Å². The van der Waals surface area contributed by atoms with Crippen LogP contribution in [0, 0.1) is 5.92 Å². The average molecular weight is 671 g/mol. The number of rotatable bonds is 10. The maximum atomic E-state index is 12.7. The summed E-state index contributed by atoms with van der Waals surface area (Å²) in [6, 6.07) is 5.85. The highest BCUT2D eigenvalue weighted by molar-refractivity contribution is 5.87. The molecule has 4 aliphatic rings. The van der Waals surface area contributed by atoms with Crippen LogP contribution in [0.2, 0.25) is 0 Å². The number of carbonyl (C=O) groups is 1. The van der Waals surface area contributed by atoms with Crippen LogP contribution in [0.1, 0.15) is 5.56 Å². The molecule has 3 aliphatic heterocycles. The number of aliphatic hydroxyl groups excluding tert-OH is 9. The van der Waals surface area contributed by atoms with E-state index < -0.39 is 111 Å². The first-order valence-electron chi connectivity index (χ1n) is 14.7. The molecule has 0 unspecified atom stereocenters. The number of aliphatic hydroxyl groups is 9. The van der Waals surface area contributed by atoms with Crippen LogP contribution >= 0.6 is 0 Å². The van der Waals surface area contributed by atoms with Crippen molar-refractivity contribution in [1.82, 2.24) is 0 Å². The Kier molecular flexibility index (Phi) is 11.0. The van der Waals surface area contributed by atoms with E-state index in [1.165, 1.54) is 42.5 Å². The standard InChI is InChI=1S/C30H38O17/c31-10-14-9-18(35)30(7-8-42-27(20(14)30)46-28-24(40)23(39)21(37)16(11-32)43-28)47-29-25(41)26(22(38)17(12-33)44-29)45-19(36)6-3-13-1-4-15(34)5-2-13/h1-9,16-18,20-29,31-35,37-41H,10-12H2/b6-3-/t16-,17-,18-,20+,21-,22-,23+,24-,25-,26+,27+,28+,29+,30-/m1/s1. The fraction of sp³-hybridized carbons (Fsp3) is 0.567. The van der Waals surface area contributed by atoms with E-state index in [0.29, 0.717) is 5.56 Å². The summed E-state index contributed by atoms with van der Waals surface area (Å²) in [5.74, 6) is -2.22. The summed E-state index contributed by atoms with van der Waals surface area (Å²) in [5, 5.41) is 103. The maximum absolute atomic E-state index is 12.7. The lowest BCUT2D eigenvalue weighted by atomic mass is 9.82. The van der Waals surface area contributed by atoms with Gasteiger partial charge in [-0.05, 0) is 35.4 Å². The lowest BCUT2D eigenvalue weighted by Crippen LogP contribution is -2.64. The molecular weight excluding hydrogens is 632 g/mol. The van der Waals surface area contributed by atoms with Gasteiger partial charge in [0, 0.05) is 6.08 Å². The Morgan fingerprint density at radius 1 is 0.830 bits per heavy atom. The molecule has 3 heterocycles. The van der Waals surface area contributed by atoms with E-state index in [1.54, 1.807) is 0 Å². The number of phenolic OH excluding ortho intramolecular Hbond substituents is 1. The van der Waals surface area contributed by atoms with Crippen LogP contribution in [0.25, 0.3) is 6.08 Å². The molecule has 17 heteroatoms. The van der Waals surface area contributed by atoms with Crippen molar-refractivity contribution < 1.29 is 84.3 Å². The van der Waals surface area contributed by atoms with Gasteiger partial charge in [0.05, 0.1) is 32.0 Å². The SMILES string of the molecule is O=C(/C=C\c1ccc(O)cc1)O[C@@H]1[C@@H](O)[C@H](O[C@@]23C=CO[C@@H](O[C@@H]4O[C@H](CO)[C@@H](O)[C@H](O)[C@H]4O)[C@@H]2C(CO)=C[C@H]3O)O[C@H](CO)[C@H]1O. The molecule has 0 saturated carbocycles. The van der Waals surface area contributed by atoms with Gasteiger partial charge in [0.1, 0.15) is 60.2 Å². The van der Waals surface area contributed by atoms with Gasteiger partial charge in [-0.25, -0.2) is 4.79 Å². The van der Waals surface area contributed by atoms with Crippen molar-refractivity contribution in [2.24, 2.45) is 5.92 Å². The third kappa shape index (κ3) is 6.94. The monoisotopic (exact) mass is 670 g/mol. The zero-order valence-corrected chi connectivity index (χ0v) is 24.7. The Hall–Kier alpha value is -3.01. The Labute approximate surface area is 267 Å². The van der Waals surface area contributed by atoms with Crippen LogP contribution in [-0.4, -0.2) is 156 Å². The summed E-state index contributed by atoms with van der Waals surface area (Å²) < 4.78 is 33.9. The van der Waals surface area contributed by atoms with Gasteiger partial charge < -0.3 is 79.5 Å². The van der Waals surface area contributed by atoms with E-state index in [0.717, 1.165) is 12.3 Å². The number of aromatic hydroxyl groups is 1. The van der Waals surface area contributed by atoms with Gasteiger partial charge in [-0.2, -0.15) is 0 Å². The Balaban J connectivity index is 1.37. The summed E-state index contributed by atoms with van der Waals surface area (Å²) in [6.07, 6.45) is -14.0. The molecule has 5 rings (SSSR count). The molecule has 0 aromatic heterocycles. The number of benzene rings is 1. The van der Waals surface area contributed by atoms with Crippen LogP contribution in [0.5, 0.6) is 5.75 Å². The highest BCUT2D eigenvalue weighted by Crippen LogP contribution is 2.48.